The van der Waals surface area contributed by atoms with Gasteiger partial charge >= 0.3 is 0 Å². The van der Waals surface area contributed by atoms with Crippen molar-refractivity contribution in [2.45, 2.75) is 52.1 Å². The van der Waals surface area contributed by atoms with E-state index in [2.05, 4.69) is 32.2 Å². The predicted octanol–water partition coefficient (Wildman–Crippen LogP) is 4.18. The quantitative estimate of drug-likeness (QED) is 0.624. The van der Waals surface area contributed by atoms with Gasteiger partial charge in [0.2, 0.25) is 0 Å². The maximum Gasteiger partial charge on any atom is 0.254 e. The van der Waals surface area contributed by atoms with Crippen LogP contribution in [-0.4, -0.2) is 62.4 Å². The van der Waals surface area contributed by atoms with Gasteiger partial charge in [-0.15, -0.1) is 0 Å². The monoisotopic (exact) mass is 440 g/mol. The van der Waals surface area contributed by atoms with E-state index in [0.717, 1.165) is 72.2 Å². The number of nitrogens with zero attached hydrogens (tertiary/aromatic N) is 1. The predicted molar refractivity (Wildman–Crippen MR) is 127 cm³/mol. The van der Waals surface area contributed by atoms with Crippen LogP contribution in [0.15, 0.2) is 24.3 Å². The second-order valence-electron chi connectivity index (χ2n) is 9.30. The Morgan fingerprint density at radius 1 is 1.19 bits per heavy atom. The van der Waals surface area contributed by atoms with Gasteiger partial charge in [0.25, 0.3) is 5.91 Å². The van der Waals surface area contributed by atoms with Gasteiger partial charge < -0.3 is 24.4 Å². The second kappa shape index (κ2) is 10.1. The average molecular weight is 441 g/mol. The molecule has 4 rings (SSSR count). The van der Waals surface area contributed by atoms with E-state index < -0.39 is 0 Å². The third-order valence-corrected chi connectivity index (χ3v) is 6.26. The Bertz CT molecular complexity index is 950. The molecule has 0 spiro atoms. The molecule has 0 atom stereocenters. The summed E-state index contributed by atoms with van der Waals surface area (Å²) < 4.78 is 18.1. The van der Waals surface area contributed by atoms with Crippen molar-refractivity contribution in [3.05, 3.63) is 35.4 Å². The van der Waals surface area contributed by atoms with Crippen LogP contribution in [0.3, 0.4) is 0 Å². The minimum atomic E-state index is -0.262. The van der Waals surface area contributed by atoms with Gasteiger partial charge in [-0.1, -0.05) is 19.1 Å². The fraction of sp³-hybridized carbons (Fsp3) is 0.577. The van der Waals surface area contributed by atoms with Crippen molar-refractivity contribution in [1.29, 1.82) is 0 Å². The van der Waals surface area contributed by atoms with Crippen molar-refractivity contribution >= 4 is 16.7 Å². The van der Waals surface area contributed by atoms with Crippen LogP contribution < -0.4 is 14.8 Å². The summed E-state index contributed by atoms with van der Waals surface area (Å²) in [4.78, 5) is 15.4. The summed E-state index contributed by atoms with van der Waals surface area (Å²) in [6, 6.07) is 8.11. The molecule has 2 aromatic rings. The van der Waals surface area contributed by atoms with Crippen molar-refractivity contribution in [2.24, 2.45) is 0 Å². The van der Waals surface area contributed by atoms with Gasteiger partial charge in [-0.2, -0.15) is 0 Å². The molecule has 2 heterocycles. The first-order valence-corrected chi connectivity index (χ1v) is 12.0. The molecule has 0 bridgehead atoms. The number of hydrogen-bond acceptors (Lipinski definition) is 5. The molecule has 0 saturated carbocycles. The summed E-state index contributed by atoms with van der Waals surface area (Å²) >= 11 is 0. The van der Waals surface area contributed by atoms with E-state index in [1.807, 2.05) is 23.1 Å². The van der Waals surface area contributed by atoms with Crippen molar-refractivity contribution in [2.75, 3.05) is 46.0 Å². The van der Waals surface area contributed by atoms with Crippen LogP contribution in [0.25, 0.3) is 10.8 Å². The Morgan fingerprint density at radius 2 is 2.00 bits per heavy atom. The number of hydrogen-bond donors (Lipinski definition) is 1. The molecule has 1 fully saturated rings. The Kier molecular flexibility index (Phi) is 7.21. The molecule has 0 aromatic heterocycles. The summed E-state index contributed by atoms with van der Waals surface area (Å²) in [6.45, 7) is 11.4. The van der Waals surface area contributed by atoms with Gasteiger partial charge in [-0.05, 0) is 64.8 Å². The molecule has 0 radical (unpaired) electrons. The van der Waals surface area contributed by atoms with Crippen molar-refractivity contribution in [3.8, 4) is 11.5 Å². The van der Waals surface area contributed by atoms with Gasteiger partial charge in [-0.3, -0.25) is 4.79 Å². The molecule has 2 aliphatic heterocycles. The van der Waals surface area contributed by atoms with E-state index >= 15 is 0 Å². The zero-order chi connectivity index (χ0) is 22.6. The van der Waals surface area contributed by atoms with Gasteiger partial charge in [0.05, 0.1) is 19.8 Å². The molecular weight excluding hydrogens is 404 g/mol. The molecule has 0 unspecified atom stereocenters. The van der Waals surface area contributed by atoms with Crippen LogP contribution in [0, 0.1) is 0 Å². The lowest BCUT2D eigenvalue weighted by Crippen LogP contribution is -2.41. The molecule has 1 saturated heterocycles. The van der Waals surface area contributed by atoms with Crippen LogP contribution in [0.4, 0.5) is 0 Å². The fourth-order valence-electron chi connectivity index (χ4n) is 4.46. The molecule has 2 aromatic carbocycles. The number of morpholine rings is 1. The zero-order valence-electron chi connectivity index (χ0n) is 19.7. The highest BCUT2D eigenvalue weighted by atomic mass is 16.5. The van der Waals surface area contributed by atoms with Crippen molar-refractivity contribution < 1.29 is 19.0 Å². The Labute approximate surface area is 191 Å². The highest BCUT2D eigenvalue weighted by Gasteiger charge is 2.33. The smallest absolute Gasteiger partial charge is 0.254 e. The Hall–Kier alpha value is -2.31. The van der Waals surface area contributed by atoms with Crippen LogP contribution in [0.5, 0.6) is 11.5 Å². The highest BCUT2D eigenvalue weighted by molar-refractivity contribution is 6.04. The third kappa shape index (κ3) is 5.02. The number of carbonyl (C=O) groups is 1. The summed E-state index contributed by atoms with van der Waals surface area (Å²) in [5, 5.41) is 5.38. The number of nitrogens with one attached hydrogen (secondary N) is 1. The van der Waals surface area contributed by atoms with Crippen LogP contribution in [-0.2, 0) is 11.2 Å². The lowest BCUT2D eigenvalue weighted by Gasteiger charge is -2.35. The molecule has 1 amide bonds. The first kappa shape index (κ1) is 22.9. The van der Waals surface area contributed by atoms with Crippen LogP contribution in [0.2, 0.25) is 0 Å². The number of rotatable bonds is 8. The standard InChI is InChI=1S/C26H36N2O4/c1-4-11-27-12-6-15-31-23-8-5-7-19-21(23)18-22(25(29)28-13-16-30-17-14-28)20-9-10-26(2,3)32-24(19)20/h5,7-8,18,27H,4,6,9-17H2,1-3H3. The first-order chi connectivity index (χ1) is 15.5. The lowest BCUT2D eigenvalue weighted by atomic mass is 9.88. The largest absolute Gasteiger partial charge is 0.493 e. The number of amides is 1. The topological polar surface area (TPSA) is 60.0 Å². The van der Waals surface area contributed by atoms with Crippen LogP contribution in [0.1, 0.15) is 56.0 Å². The summed E-state index contributed by atoms with van der Waals surface area (Å²) in [5.74, 6) is 1.71. The number of carbonyl (C=O) groups excluding carboxylic acids is 1. The minimum Gasteiger partial charge on any atom is -0.493 e. The molecular formula is C26H36N2O4. The van der Waals surface area contributed by atoms with E-state index in [9.17, 15) is 4.79 Å². The molecule has 2 aliphatic rings. The number of ether oxygens (including phenoxy) is 3. The third-order valence-electron chi connectivity index (χ3n) is 6.26. The highest BCUT2D eigenvalue weighted by Crippen LogP contribution is 2.43. The van der Waals surface area contributed by atoms with E-state index in [-0.39, 0.29) is 11.5 Å². The summed E-state index contributed by atoms with van der Waals surface area (Å²) in [6.07, 6.45) is 3.78. The van der Waals surface area contributed by atoms with E-state index in [1.165, 1.54) is 0 Å². The normalized spacial score (nSPS) is 17.7. The molecule has 6 heteroatoms. The molecule has 0 aliphatic carbocycles. The van der Waals surface area contributed by atoms with Crippen molar-refractivity contribution in [1.82, 2.24) is 10.2 Å². The van der Waals surface area contributed by atoms with E-state index in [4.69, 9.17) is 14.2 Å². The lowest BCUT2D eigenvalue weighted by molar-refractivity contribution is 0.0299. The maximum atomic E-state index is 13.5. The molecule has 174 valence electrons. The zero-order valence-corrected chi connectivity index (χ0v) is 19.7. The second-order valence-corrected chi connectivity index (χ2v) is 9.30. The molecule has 6 nitrogen and oxygen atoms in total. The summed E-state index contributed by atoms with van der Waals surface area (Å²) in [7, 11) is 0. The minimum absolute atomic E-state index is 0.0633. The first-order valence-electron chi connectivity index (χ1n) is 12.0. The Balaban J connectivity index is 1.68. The number of fused-ring (bicyclic) bond motifs is 3. The molecule has 32 heavy (non-hydrogen) atoms. The Morgan fingerprint density at radius 3 is 2.78 bits per heavy atom. The average Bonchev–Trinajstić information content (AvgIpc) is 2.80. The molecule has 1 N–H and O–H groups in total. The number of benzene rings is 2. The fourth-order valence-corrected chi connectivity index (χ4v) is 4.46. The SMILES string of the molecule is CCCNCCCOc1cccc2c3c(c(C(=O)N4CCOCC4)cc12)CCC(C)(C)O3. The van der Waals surface area contributed by atoms with E-state index in [0.29, 0.717) is 32.9 Å². The van der Waals surface area contributed by atoms with Crippen molar-refractivity contribution in [3.63, 3.8) is 0 Å². The van der Waals surface area contributed by atoms with E-state index in [1.54, 1.807) is 0 Å². The summed E-state index contributed by atoms with van der Waals surface area (Å²) in [5.41, 5.74) is 1.50. The van der Waals surface area contributed by atoms with Gasteiger partial charge in [0.15, 0.2) is 0 Å². The van der Waals surface area contributed by atoms with Gasteiger partial charge in [-0.25, -0.2) is 0 Å². The maximum absolute atomic E-state index is 13.5. The van der Waals surface area contributed by atoms with Crippen LogP contribution >= 0.6 is 0 Å². The van der Waals surface area contributed by atoms with Gasteiger partial charge in [0, 0.05) is 35.0 Å². The van der Waals surface area contributed by atoms with Gasteiger partial charge in [0.1, 0.15) is 17.1 Å².